The van der Waals surface area contributed by atoms with Crippen LogP contribution in [0.4, 0.5) is 26.3 Å². The highest BCUT2D eigenvalue weighted by atomic mass is 19.4. The van der Waals surface area contributed by atoms with Gasteiger partial charge in [-0.3, -0.25) is 14.4 Å². The summed E-state index contributed by atoms with van der Waals surface area (Å²) in [6.45, 7) is 1.57. The van der Waals surface area contributed by atoms with E-state index in [1.54, 1.807) is 19.1 Å². The van der Waals surface area contributed by atoms with E-state index in [0.29, 0.717) is 15.6 Å². The highest BCUT2D eigenvalue weighted by molar-refractivity contribution is 6.21. The number of hydrogen-bond acceptors (Lipinski definition) is 8. The van der Waals surface area contributed by atoms with Crippen molar-refractivity contribution in [3.8, 4) is 0 Å². The summed E-state index contributed by atoms with van der Waals surface area (Å²) in [5, 5.41) is 1.04. The first-order valence-electron chi connectivity index (χ1n) is 12.2. The number of hydrogen-bond donors (Lipinski definition) is 0. The van der Waals surface area contributed by atoms with Crippen molar-refractivity contribution >= 4 is 29.4 Å². The molecule has 2 aromatic carbocycles. The minimum Gasteiger partial charge on any atom is -0.429 e. The number of hydrazine groups is 1. The van der Waals surface area contributed by atoms with E-state index in [9.17, 15) is 50.3 Å². The fourth-order valence-electron chi connectivity index (χ4n) is 5.56. The summed E-state index contributed by atoms with van der Waals surface area (Å²) < 4.78 is 90.1. The van der Waals surface area contributed by atoms with Crippen LogP contribution in [0.1, 0.15) is 16.7 Å². The van der Waals surface area contributed by atoms with E-state index < -0.39 is 77.0 Å². The molecule has 2 saturated heterocycles. The second kappa shape index (κ2) is 9.42. The Morgan fingerprint density at radius 1 is 0.857 bits per heavy atom. The van der Waals surface area contributed by atoms with Crippen LogP contribution in [0.25, 0.3) is 0 Å². The number of Topliss-reactive ketones (excluding diaryl/α,β-unsaturated/α-hetero) is 1. The van der Waals surface area contributed by atoms with Crippen LogP contribution in [0.3, 0.4) is 0 Å². The van der Waals surface area contributed by atoms with Crippen LogP contribution >= 0.6 is 0 Å². The molecule has 3 aliphatic rings. The van der Waals surface area contributed by atoms with Crippen molar-refractivity contribution in [2.45, 2.75) is 43.1 Å². The van der Waals surface area contributed by atoms with Gasteiger partial charge in [-0.1, -0.05) is 54.6 Å². The summed E-state index contributed by atoms with van der Waals surface area (Å²) >= 11 is 0. The molecule has 15 heteroatoms. The molecule has 0 aliphatic carbocycles. The van der Waals surface area contributed by atoms with E-state index in [0.717, 1.165) is 24.4 Å². The highest BCUT2D eigenvalue weighted by Crippen LogP contribution is 2.54. The Morgan fingerprint density at radius 3 is 2.02 bits per heavy atom. The van der Waals surface area contributed by atoms with E-state index in [4.69, 9.17) is 4.74 Å². The molecule has 1 amide bonds. The molecule has 0 radical (unpaired) electrons. The lowest BCUT2D eigenvalue weighted by molar-refractivity contribution is -0.241. The van der Waals surface area contributed by atoms with Gasteiger partial charge in [0.05, 0.1) is 0 Å². The van der Waals surface area contributed by atoms with E-state index in [1.165, 1.54) is 30.3 Å². The Morgan fingerprint density at radius 2 is 1.43 bits per heavy atom. The maximum atomic E-state index is 14.1. The van der Waals surface area contributed by atoms with Crippen LogP contribution in [-0.2, 0) is 45.5 Å². The molecule has 2 bridgehead atoms. The maximum Gasteiger partial charge on any atom is 0.491 e. The lowest BCUT2D eigenvalue weighted by atomic mass is 9.76. The largest absolute Gasteiger partial charge is 0.491 e. The number of rotatable bonds is 5. The number of ether oxygens (including phenoxy) is 2. The Kier molecular flexibility index (Phi) is 6.47. The number of fused-ring (bicyclic) bond motifs is 5. The van der Waals surface area contributed by atoms with Gasteiger partial charge in [0.25, 0.3) is 11.5 Å². The van der Waals surface area contributed by atoms with Crippen molar-refractivity contribution in [2.24, 2.45) is 5.92 Å². The topological polar surface area (TPSA) is 110 Å². The Labute approximate surface area is 232 Å². The smallest absolute Gasteiger partial charge is 0.429 e. The molecule has 3 heterocycles. The van der Waals surface area contributed by atoms with Crippen molar-refractivity contribution in [3.63, 3.8) is 0 Å². The number of nitrogens with zero attached hydrogens (tertiary/aromatic N) is 2. The number of aryl methyl sites for hydroxylation is 1. The van der Waals surface area contributed by atoms with E-state index in [-0.39, 0.29) is 5.56 Å². The van der Waals surface area contributed by atoms with E-state index in [2.05, 4.69) is 4.74 Å². The minimum atomic E-state index is -5.65. The summed E-state index contributed by atoms with van der Waals surface area (Å²) in [6, 6.07) is 9.95. The van der Waals surface area contributed by atoms with E-state index >= 15 is 0 Å². The number of carbonyl (C=O) groups is 5. The summed E-state index contributed by atoms with van der Waals surface area (Å²) in [7, 11) is 0. The maximum absolute atomic E-state index is 14.1. The lowest BCUT2D eigenvalue weighted by Crippen LogP contribution is -2.61. The van der Waals surface area contributed by atoms with Crippen molar-refractivity contribution in [2.75, 3.05) is 0 Å². The van der Waals surface area contributed by atoms with Gasteiger partial charge in [0, 0.05) is 18.2 Å². The molecule has 3 aliphatic heterocycles. The Hall–Kier alpha value is -4.69. The van der Waals surface area contributed by atoms with Gasteiger partial charge in [-0.15, -0.1) is 0 Å². The number of benzene rings is 2. The molecule has 0 N–H and O–H groups in total. The molecule has 4 atom stereocenters. The molecule has 9 nitrogen and oxygen atoms in total. The summed E-state index contributed by atoms with van der Waals surface area (Å²) in [4.78, 5) is 65.7. The monoisotopic (exact) mass is 596 g/mol. The van der Waals surface area contributed by atoms with Gasteiger partial charge in [-0.05, 0) is 24.1 Å². The van der Waals surface area contributed by atoms with Crippen LogP contribution in [0.5, 0.6) is 0 Å². The number of amides is 1. The van der Waals surface area contributed by atoms with Gasteiger partial charge in [-0.25, -0.2) is 19.6 Å². The van der Waals surface area contributed by atoms with Crippen molar-refractivity contribution in [1.29, 1.82) is 0 Å². The SMILES string of the molecule is Cc1ccccc1CC1(OC(=O)C(F)(F)F)C2C(=O)C=CN1N1C(=O)C(OC(=O)C(F)(F)F)(c3ccccc3)C(=O)C21. The van der Waals surface area contributed by atoms with Crippen LogP contribution in [0, 0.1) is 12.8 Å². The zero-order valence-corrected chi connectivity index (χ0v) is 21.2. The quantitative estimate of drug-likeness (QED) is 0.295. The zero-order valence-electron chi connectivity index (χ0n) is 21.2. The van der Waals surface area contributed by atoms with Crippen LogP contribution in [0.15, 0.2) is 66.9 Å². The third-order valence-corrected chi connectivity index (χ3v) is 7.36. The minimum absolute atomic E-state index is 0.268. The average Bonchev–Trinajstić information content (AvgIpc) is 3.21. The number of alkyl halides is 6. The average molecular weight is 596 g/mol. The predicted molar refractivity (Wildman–Crippen MR) is 125 cm³/mol. The van der Waals surface area contributed by atoms with Crippen molar-refractivity contribution in [3.05, 3.63) is 83.6 Å². The third-order valence-electron chi connectivity index (χ3n) is 7.36. The molecular formula is C27H18F6N2O7. The second-order valence-corrected chi connectivity index (χ2v) is 9.77. The first-order valence-corrected chi connectivity index (χ1v) is 12.2. The summed E-state index contributed by atoms with van der Waals surface area (Å²) in [5.41, 5.74) is -5.66. The molecule has 5 rings (SSSR count). The van der Waals surface area contributed by atoms with Crippen LogP contribution in [-0.4, -0.2) is 63.5 Å². The van der Waals surface area contributed by atoms with Gasteiger partial charge in [0.15, 0.2) is 5.78 Å². The molecule has 0 spiro atoms. The van der Waals surface area contributed by atoms with Gasteiger partial charge in [-0.2, -0.15) is 26.3 Å². The molecule has 2 aromatic rings. The Bertz CT molecular complexity index is 1540. The van der Waals surface area contributed by atoms with Gasteiger partial charge >= 0.3 is 24.3 Å². The van der Waals surface area contributed by atoms with Gasteiger partial charge in [0.2, 0.25) is 11.5 Å². The molecular weight excluding hydrogens is 578 g/mol. The number of carbonyl (C=O) groups excluding carboxylic acids is 5. The fourth-order valence-corrected chi connectivity index (χ4v) is 5.56. The summed E-state index contributed by atoms with van der Waals surface area (Å²) in [6.07, 6.45) is -10.3. The molecule has 4 unspecified atom stereocenters. The molecule has 2 fully saturated rings. The number of esters is 2. The fraction of sp³-hybridized carbons (Fsp3) is 0.296. The third kappa shape index (κ3) is 4.13. The second-order valence-electron chi connectivity index (χ2n) is 9.77. The molecule has 0 aromatic heterocycles. The lowest BCUT2D eigenvalue weighted by Gasteiger charge is -2.44. The highest BCUT2D eigenvalue weighted by Gasteiger charge is 2.78. The van der Waals surface area contributed by atoms with Gasteiger partial charge in [0.1, 0.15) is 12.0 Å². The first-order chi connectivity index (χ1) is 19.6. The number of halogens is 6. The number of allylic oxidation sites excluding steroid dienone is 1. The first kappa shape index (κ1) is 28.8. The predicted octanol–water partition coefficient (Wildman–Crippen LogP) is 3.06. The van der Waals surface area contributed by atoms with Crippen molar-refractivity contribution < 1.29 is 59.8 Å². The Balaban J connectivity index is 1.71. The molecule has 0 saturated carbocycles. The molecule has 220 valence electrons. The van der Waals surface area contributed by atoms with Crippen LogP contribution < -0.4 is 0 Å². The zero-order chi connectivity index (χ0) is 30.8. The van der Waals surface area contributed by atoms with E-state index in [1.807, 2.05) is 0 Å². The summed E-state index contributed by atoms with van der Waals surface area (Å²) in [5.74, 6) is -11.9. The van der Waals surface area contributed by atoms with Crippen LogP contribution in [0.2, 0.25) is 0 Å². The van der Waals surface area contributed by atoms with Gasteiger partial charge < -0.3 is 9.47 Å². The number of ketones is 2. The van der Waals surface area contributed by atoms with Crippen molar-refractivity contribution in [1.82, 2.24) is 10.0 Å². The standard InChI is InChI=1S/C27H18F6N2O7/c1-14-7-5-6-8-15(14)13-24(41-22(39)26(28,29)30)18-17(36)11-12-34(24)35-19(18)20(37)25(21(35)38,16-9-3-2-4-10-16)42-23(40)27(31,32)33/h2-12,18-19H,13H2,1H3. The molecule has 42 heavy (non-hydrogen) atoms. The normalized spacial score (nSPS) is 26.9.